The Balaban J connectivity index is 2.00. The van der Waals surface area contributed by atoms with Crippen molar-refractivity contribution in [1.82, 2.24) is 0 Å². The number of carboxylic acid groups (broad SMARTS) is 1. The van der Waals surface area contributed by atoms with Gasteiger partial charge in [0.15, 0.2) is 0 Å². The zero-order valence-electron chi connectivity index (χ0n) is 11.5. The molecule has 0 saturated heterocycles. The number of aliphatic carboxylic acids is 1. The second-order valence-electron chi connectivity index (χ2n) is 5.36. The van der Waals surface area contributed by atoms with Crippen LogP contribution in [-0.4, -0.2) is 17.2 Å². The lowest BCUT2D eigenvalue weighted by molar-refractivity contribution is -0.131. The molecule has 0 aromatic heterocycles. The summed E-state index contributed by atoms with van der Waals surface area (Å²) in [7, 11) is 0. The van der Waals surface area contributed by atoms with Gasteiger partial charge in [0.1, 0.15) is 5.75 Å². The molecule has 1 saturated carbocycles. The third kappa shape index (κ3) is 4.27. The molecule has 1 aliphatic carbocycles. The van der Waals surface area contributed by atoms with Crippen molar-refractivity contribution < 1.29 is 14.6 Å². The summed E-state index contributed by atoms with van der Waals surface area (Å²) in [5, 5.41) is 9.12. The molecule has 0 atom stereocenters. The first kappa shape index (κ1) is 14.9. The Labute approximate surface area is 124 Å². The van der Waals surface area contributed by atoms with Crippen LogP contribution in [-0.2, 0) is 4.79 Å². The van der Waals surface area contributed by atoms with Gasteiger partial charge in [-0.3, -0.25) is 0 Å². The maximum atomic E-state index is 10.5. The van der Waals surface area contributed by atoms with E-state index in [1.54, 1.807) is 6.07 Å². The van der Waals surface area contributed by atoms with E-state index in [0.717, 1.165) is 30.4 Å². The van der Waals surface area contributed by atoms with E-state index in [9.17, 15) is 4.79 Å². The SMILES string of the molecule is CC1CCC(Oc2ccc(C=CC(=O)O)cc2Cl)CC1. The Kier molecular flexibility index (Phi) is 5.07. The van der Waals surface area contributed by atoms with E-state index in [0.29, 0.717) is 10.8 Å². The quantitative estimate of drug-likeness (QED) is 0.838. The molecule has 0 bridgehead atoms. The highest BCUT2D eigenvalue weighted by atomic mass is 35.5. The second-order valence-corrected chi connectivity index (χ2v) is 5.77. The Morgan fingerprint density at radius 2 is 2.05 bits per heavy atom. The number of carbonyl (C=O) groups is 1. The average molecular weight is 295 g/mol. The molecular formula is C16H19ClO3. The molecule has 2 rings (SSSR count). The van der Waals surface area contributed by atoms with E-state index in [-0.39, 0.29) is 6.10 Å². The van der Waals surface area contributed by atoms with Gasteiger partial charge >= 0.3 is 5.97 Å². The summed E-state index contributed by atoms with van der Waals surface area (Å²) in [6.45, 7) is 2.27. The molecular weight excluding hydrogens is 276 g/mol. The van der Waals surface area contributed by atoms with Gasteiger partial charge in [0.2, 0.25) is 0 Å². The number of ether oxygens (including phenoxy) is 1. The van der Waals surface area contributed by atoms with Gasteiger partial charge in [-0.05, 0) is 55.4 Å². The number of rotatable bonds is 4. The topological polar surface area (TPSA) is 46.5 Å². The molecule has 0 radical (unpaired) electrons. The van der Waals surface area contributed by atoms with Crippen molar-refractivity contribution in [3.8, 4) is 5.75 Å². The summed E-state index contributed by atoms with van der Waals surface area (Å²) < 4.78 is 5.94. The summed E-state index contributed by atoms with van der Waals surface area (Å²) in [4.78, 5) is 10.5. The maximum absolute atomic E-state index is 10.5. The van der Waals surface area contributed by atoms with Gasteiger partial charge in [0, 0.05) is 6.08 Å². The number of halogens is 1. The standard InChI is InChI=1S/C16H19ClO3/c1-11-2-6-13(7-3-11)20-15-8-4-12(10-14(15)17)5-9-16(18)19/h4-5,8-11,13H,2-3,6-7H2,1H3,(H,18,19). The molecule has 0 amide bonds. The lowest BCUT2D eigenvalue weighted by atomic mass is 9.89. The largest absolute Gasteiger partial charge is 0.489 e. The van der Waals surface area contributed by atoms with Crippen molar-refractivity contribution in [2.24, 2.45) is 5.92 Å². The first-order valence-corrected chi connectivity index (χ1v) is 7.29. The van der Waals surface area contributed by atoms with E-state index in [1.165, 1.54) is 18.9 Å². The molecule has 3 nitrogen and oxygen atoms in total. The molecule has 0 heterocycles. The summed E-state index contributed by atoms with van der Waals surface area (Å²) in [5.41, 5.74) is 0.752. The van der Waals surface area contributed by atoms with Crippen LogP contribution in [0.4, 0.5) is 0 Å². The van der Waals surface area contributed by atoms with Crippen molar-refractivity contribution in [1.29, 1.82) is 0 Å². The second kappa shape index (κ2) is 6.80. The minimum Gasteiger partial charge on any atom is -0.489 e. The van der Waals surface area contributed by atoms with Gasteiger partial charge < -0.3 is 9.84 Å². The number of carboxylic acids is 1. The maximum Gasteiger partial charge on any atom is 0.328 e. The molecule has 1 aliphatic rings. The molecule has 1 aromatic carbocycles. The van der Waals surface area contributed by atoms with Gasteiger partial charge in [-0.15, -0.1) is 0 Å². The Bertz CT molecular complexity index is 502. The van der Waals surface area contributed by atoms with Crippen LogP contribution in [0.5, 0.6) is 5.75 Å². The Morgan fingerprint density at radius 3 is 2.65 bits per heavy atom. The minimum absolute atomic E-state index is 0.240. The van der Waals surface area contributed by atoms with Gasteiger partial charge in [-0.1, -0.05) is 24.6 Å². The lowest BCUT2D eigenvalue weighted by Crippen LogP contribution is -2.23. The molecule has 108 valence electrons. The van der Waals surface area contributed by atoms with Crippen molar-refractivity contribution in [3.05, 3.63) is 34.9 Å². The predicted molar refractivity (Wildman–Crippen MR) is 80.2 cm³/mol. The van der Waals surface area contributed by atoms with Crippen molar-refractivity contribution in [3.63, 3.8) is 0 Å². The number of hydrogen-bond acceptors (Lipinski definition) is 2. The fourth-order valence-corrected chi connectivity index (χ4v) is 2.64. The average Bonchev–Trinajstić information content (AvgIpc) is 2.41. The van der Waals surface area contributed by atoms with Crippen LogP contribution in [0.25, 0.3) is 6.08 Å². The van der Waals surface area contributed by atoms with Crippen LogP contribution in [0.2, 0.25) is 5.02 Å². The van der Waals surface area contributed by atoms with Gasteiger partial charge in [-0.25, -0.2) is 4.79 Å². The summed E-state index contributed by atoms with van der Waals surface area (Å²) in [6, 6.07) is 5.34. The van der Waals surface area contributed by atoms with E-state index in [1.807, 2.05) is 12.1 Å². The molecule has 20 heavy (non-hydrogen) atoms. The van der Waals surface area contributed by atoms with Gasteiger partial charge in [-0.2, -0.15) is 0 Å². The van der Waals surface area contributed by atoms with Crippen LogP contribution in [0.15, 0.2) is 24.3 Å². The molecule has 4 heteroatoms. The number of hydrogen-bond donors (Lipinski definition) is 1. The van der Waals surface area contributed by atoms with E-state index >= 15 is 0 Å². The summed E-state index contributed by atoms with van der Waals surface area (Å²) >= 11 is 6.19. The third-order valence-corrected chi connectivity index (χ3v) is 3.93. The monoisotopic (exact) mass is 294 g/mol. The van der Waals surface area contributed by atoms with Crippen LogP contribution < -0.4 is 4.74 Å². The summed E-state index contributed by atoms with van der Waals surface area (Å²) in [5.74, 6) is 0.491. The van der Waals surface area contributed by atoms with Crippen molar-refractivity contribution >= 4 is 23.6 Å². The van der Waals surface area contributed by atoms with Crippen molar-refractivity contribution in [2.75, 3.05) is 0 Å². The predicted octanol–water partition coefficient (Wildman–Crippen LogP) is 4.40. The van der Waals surface area contributed by atoms with Gasteiger partial charge in [0.05, 0.1) is 11.1 Å². The normalized spacial score (nSPS) is 22.9. The molecule has 0 spiro atoms. The zero-order chi connectivity index (χ0) is 14.5. The van der Waals surface area contributed by atoms with E-state index < -0.39 is 5.97 Å². The highest BCUT2D eigenvalue weighted by Gasteiger charge is 2.20. The van der Waals surface area contributed by atoms with Crippen LogP contribution in [0, 0.1) is 5.92 Å². The van der Waals surface area contributed by atoms with E-state index in [2.05, 4.69) is 6.92 Å². The Morgan fingerprint density at radius 1 is 1.35 bits per heavy atom. The van der Waals surface area contributed by atoms with Crippen LogP contribution in [0.1, 0.15) is 38.2 Å². The van der Waals surface area contributed by atoms with E-state index in [4.69, 9.17) is 21.4 Å². The molecule has 1 fully saturated rings. The molecule has 0 aliphatic heterocycles. The molecule has 1 aromatic rings. The lowest BCUT2D eigenvalue weighted by Gasteiger charge is -2.27. The highest BCUT2D eigenvalue weighted by Crippen LogP contribution is 2.31. The van der Waals surface area contributed by atoms with Gasteiger partial charge in [0.25, 0.3) is 0 Å². The number of benzene rings is 1. The third-order valence-electron chi connectivity index (χ3n) is 3.63. The Hall–Kier alpha value is -1.48. The van der Waals surface area contributed by atoms with Crippen molar-refractivity contribution in [2.45, 2.75) is 38.7 Å². The molecule has 0 unspecified atom stereocenters. The first-order valence-electron chi connectivity index (χ1n) is 6.92. The smallest absolute Gasteiger partial charge is 0.328 e. The molecule has 1 N–H and O–H groups in total. The minimum atomic E-state index is -0.974. The van der Waals surface area contributed by atoms with Crippen LogP contribution in [0.3, 0.4) is 0 Å². The fraction of sp³-hybridized carbons (Fsp3) is 0.438. The zero-order valence-corrected chi connectivity index (χ0v) is 12.3. The highest BCUT2D eigenvalue weighted by molar-refractivity contribution is 6.32. The summed E-state index contributed by atoms with van der Waals surface area (Å²) in [6.07, 6.45) is 7.37. The van der Waals surface area contributed by atoms with Crippen LogP contribution >= 0.6 is 11.6 Å². The first-order chi connectivity index (χ1) is 9.54. The fourth-order valence-electron chi connectivity index (χ4n) is 2.41.